The lowest BCUT2D eigenvalue weighted by Gasteiger charge is -2.01. The van der Waals surface area contributed by atoms with Gasteiger partial charge in [-0.25, -0.2) is 0 Å². The molecule has 0 bridgehead atoms. The van der Waals surface area contributed by atoms with Crippen LogP contribution in [0.15, 0.2) is 17.3 Å². The van der Waals surface area contributed by atoms with Crippen LogP contribution in [0.3, 0.4) is 0 Å². The summed E-state index contributed by atoms with van der Waals surface area (Å²) in [6.07, 6.45) is 0. The zero-order chi connectivity index (χ0) is 11.0. The summed E-state index contributed by atoms with van der Waals surface area (Å²) in [7, 11) is 1.37. The molecule has 0 unspecified atom stereocenters. The normalized spacial score (nSPS) is 16.5. The second-order valence-corrected chi connectivity index (χ2v) is 3.65. The lowest BCUT2D eigenvalue weighted by Crippen LogP contribution is -2.14. The molecular formula is C9H6Cl2N2O2. The van der Waals surface area contributed by atoms with Crippen molar-refractivity contribution >= 4 is 40.5 Å². The van der Waals surface area contributed by atoms with Gasteiger partial charge >= 0.3 is 0 Å². The van der Waals surface area contributed by atoms with Gasteiger partial charge in [-0.3, -0.25) is 4.79 Å². The first kappa shape index (κ1) is 10.3. The SMILES string of the molecule is CO/N=C1\C(=O)Nc2c1ccc(Cl)c2Cl. The van der Waals surface area contributed by atoms with E-state index in [9.17, 15) is 4.79 Å². The molecule has 1 N–H and O–H groups in total. The van der Waals surface area contributed by atoms with Gasteiger partial charge < -0.3 is 10.2 Å². The number of rotatable bonds is 1. The van der Waals surface area contributed by atoms with Gasteiger partial charge in [0.1, 0.15) is 7.11 Å². The highest BCUT2D eigenvalue weighted by molar-refractivity contribution is 6.56. The molecule has 0 aromatic heterocycles. The Morgan fingerprint density at radius 1 is 1.40 bits per heavy atom. The van der Waals surface area contributed by atoms with E-state index in [2.05, 4.69) is 15.3 Å². The molecule has 0 aliphatic carbocycles. The number of hydrogen-bond donors (Lipinski definition) is 1. The molecule has 0 spiro atoms. The number of nitrogens with one attached hydrogen (secondary N) is 1. The fourth-order valence-electron chi connectivity index (χ4n) is 1.35. The van der Waals surface area contributed by atoms with Gasteiger partial charge in [0, 0.05) is 5.56 Å². The summed E-state index contributed by atoms with van der Waals surface area (Å²) in [5, 5.41) is 6.89. The van der Waals surface area contributed by atoms with Crippen molar-refractivity contribution in [3.63, 3.8) is 0 Å². The number of carbonyl (C=O) groups is 1. The minimum Gasteiger partial charge on any atom is -0.398 e. The number of hydrogen-bond acceptors (Lipinski definition) is 3. The molecule has 0 radical (unpaired) electrons. The van der Waals surface area contributed by atoms with Crippen LogP contribution >= 0.6 is 23.2 Å². The molecule has 15 heavy (non-hydrogen) atoms. The largest absolute Gasteiger partial charge is 0.398 e. The highest BCUT2D eigenvalue weighted by Gasteiger charge is 2.29. The molecule has 1 aromatic carbocycles. The average Bonchev–Trinajstić information content (AvgIpc) is 2.52. The quantitative estimate of drug-likeness (QED) is 0.771. The van der Waals surface area contributed by atoms with Crippen LogP contribution in [0, 0.1) is 0 Å². The fourth-order valence-corrected chi connectivity index (χ4v) is 1.72. The Hall–Kier alpha value is -1.26. The highest BCUT2D eigenvalue weighted by atomic mass is 35.5. The second-order valence-electron chi connectivity index (χ2n) is 2.86. The first-order valence-corrected chi connectivity index (χ1v) is 4.81. The molecule has 78 valence electrons. The summed E-state index contributed by atoms with van der Waals surface area (Å²) in [4.78, 5) is 16.0. The van der Waals surface area contributed by atoms with Crippen LogP contribution < -0.4 is 5.32 Å². The molecular weight excluding hydrogens is 239 g/mol. The van der Waals surface area contributed by atoms with Crippen molar-refractivity contribution in [3.8, 4) is 0 Å². The Morgan fingerprint density at radius 2 is 2.13 bits per heavy atom. The minimum absolute atomic E-state index is 0.200. The van der Waals surface area contributed by atoms with E-state index in [0.717, 1.165) is 0 Å². The van der Waals surface area contributed by atoms with Crippen molar-refractivity contribution in [2.45, 2.75) is 0 Å². The Bertz CT molecular complexity index is 471. The molecule has 6 heteroatoms. The van der Waals surface area contributed by atoms with E-state index in [4.69, 9.17) is 23.2 Å². The third-order valence-corrected chi connectivity index (χ3v) is 2.79. The van der Waals surface area contributed by atoms with Crippen LogP contribution in [0.25, 0.3) is 0 Å². The number of anilines is 1. The number of benzene rings is 1. The van der Waals surface area contributed by atoms with Gasteiger partial charge in [-0.05, 0) is 12.1 Å². The van der Waals surface area contributed by atoms with Gasteiger partial charge in [0.2, 0.25) is 0 Å². The van der Waals surface area contributed by atoms with Crippen LogP contribution in [0.2, 0.25) is 10.0 Å². The van der Waals surface area contributed by atoms with E-state index >= 15 is 0 Å². The van der Waals surface area contributed by atoms with Crippen molar-refractivity contribution in [3.05, 3.63) is 27.7 Å². The van der Waals surface area contributed by atoms with E-state index in [0.29, 0.717) is 21.3 Å². The molecule has 1 aliphatic heterocycles. The lowest BCUT2D eigenvalue weighted by atomic mass is 10.1. The Balaban J connectivity index is 2.62. The summed E-state index contributed by atoms with van der Waals surface area (Å²) < 4.78 is 0. The molecule has 1 aromatic rings. The van der Waals surface area contributed by atoms with Crippen molar-refractivity contribution in [1.82, 2.24) is 0 Å². The maximum Gasteiger partial charge on any atom is 0.278 e. The van der Waals surface area contributed by atoms with Gasteiger partial charge in [0.15, 0.2) is 5.71 Å². The Labute approximate surface area is 95.8 Å². The van der Waals surface area contributed by atoms with Crippen LogP contribution in [0.5, 0.6) is 0 Å². The number of amides is 1. The van der Waals surface area contributed by atoms with E-state index in [1.165, 1.54) is 7.11 Å². The average molecular weight is 245 g/mol. The summed E-state index contributed by atoms with van der Waals surface area (Å²) in [6, 6.07) is 3.27. The second kappa shape index (κ2) is 3.72. The van der Waals surface area contributed by atoms with Gasteiger partial charge in [-0.2, -0.15) is 0 Å². The predicted molar refractivity (Wildman–Crippen MR) is 58.6 cm³/mol. The molecule has 1 aliphatic rings. The van der Waals surface area contributed by atoms with Crippen LogP contribution in [0.4, 0.5) is 5.69 Å². The number of carbonyl (C=O) groups excluding carboxylic acids is 1. The minimum atomic E-state index is -0.351. The summed E-state index contributed by atoms with van der Waals surface area (Å²) in [5.41, 5.74) is 1.27. The number of halogens is 2. The van der Waals surface area contributed by atoms with Crippen LogP contribution in [0.1, 0.15) is 5.56 Å². The molecule has 0 fully saturated rings. The maximum absolute atomic E-state index is 11.5. The van der Waals surface area contributed by atoms with Gasteiger partial charge in [0.25, 0.3) is 5.91 Å². The highest BCUT2D eigenvalue weighted by Crippen LogP contribution is 2.36. The van der Waals surface area contributed by atoms with E-state index < -0.39 is 0 Å². The van der Waals surface area contributed by atoms with Crippen molar-refractivity contribution in [2.24, 2.45) is 5.16 Å². The molecule has 0 atom stereocenters. The van der Waals surface area contributed by atoms with E-state index in [1.807, 2.05) is 0 Å². The van der Waals surface area contributed by atoms with Gasteiger partial charge in [0.05, 0.1) is 15.7 Å². The number of nitrogens with zero attached hydrogens (tertiary/aromatic N) is 1. The monoisotopic (exact) mass is 244 g/mol. The smallest absolute Gasteiger partial charge is 0.278 e. The molecule has 1 heterocycles. The number of fused-ring (bicyclic) bond motifs is 1. The van der Waals surface area contributed by atoms with Gasteiger partial charge in [-0.1, -0.05) is 28.4 Å². The first-order chi connectivity index (χ1) is 7.15. The van der Waals surface area contributed by atoms with Crippen molar-refractivity contribution < 1.29 is 9.63 Å². The summed E-state index contributed by atoms with van der Waals surface area (Å²) in [6.45, 7) is 0. The van der Waals surface area contributed by atoms with Gasteiger partial charge in [-0.15, -0.1) is 0 Å². The van der Waals surface area contributed by atoms with E-state index in [-0.39, 0.29) is 11.6 Å². The lowest BCUT2D eigenvalue weighted by molar-refractivity contribution is -0.110. The maximum atomic E-state index is 11.5. The fraction of sp³-hybridized carbons (Fsp3) is 0.111. The van der Waals surface area contributed by atoms with Crippen molar-refractivity contribution in [1.29, 1.82) is 0 Å². The predicted octanol–water partition coefficient (Wildman–Crippen LogP) is 2.30. The summed E-state index contributed by atoms with van der Waals surface area (Å²) in [5.74, 6) is -0.351. The topological polar surface area (TPSA) is 50.7 Å². The molecule has 4 nitrogen and oxygen atoms in total. The van der Waals surface area contributed by atoms with Crippen molar-refractivity contribution in [2.75, 3.05) is 12.4 Å². The van der Waals surface area contributed by atoms with E-state index in [1.54, 1.807) is 12.1 Å². The standard InChI is InChI=1S/C9H6Cl2N2O2/c1-15-13-8-4-2-3-5(10)6(11)7(4)12-9(8)14/h2-3H,1H3,(H,12,13,14). The van der Waals surface area contributed by atoms with Crippen LogP contribution in [-0.4, -0.2) is 18.7 Å². The zero-order valence-electron chi connectivity index (χ0n) is 7.67. The first-order valence-electron chi connectivity index (χ1n) is 4.06. The number of oxime groups is 1. The Kier molecular flexibility index (Phi) is 2.54. The molecule has 0 saturated heterocycles. The van der Waals surface area contributed by atoms with Crippen LogP contribution in [-0.2, 0) is 9.63 Å². The molecule has 0 saturated carbocycles. The third kappa shape index (κ3) is 1.56. The molecule has 1 amide bonds. The summed E-state index contributed by atoms with van der Waals surface area (Å²) >= 11 is 11.7. The Morgan fingerprint density at radius 3 is 2.80 bits per heavy atom. The zero-order valence-corrected chi connectivity index (χ0v) is 9.19. The third-order valence-electron chi connectivity index (χ3n) is 1.99. The molecule has 2 rings (SSSR count).